The van der Waals surface area contributed by atoms with Crippen molar-refractivity contribution >= 4 is 17.7 Å². The summed E-state index contributed by atoms with van der Waals surface area (Å²) < 4.78 is 0.517. The molecule has 1 unspecified atom stereocenters. The quantitative estimate of drug-likeness (QED) is 0.716. The smallest absolute Gasteiger partial charge is 0.205 e. The second kappa shape index (κ2) is 3.96. The van der Waals surface area contributed by atoms with Gasteiger partial charge in [-0.25, -0.2) is 4.99 Å². The average Bonchev–Trinajstić information content (AvgIpc) is 2.91. The van der Waals surface area contributed by atoms with Crippen LogP contribution in [0.1, 0.15) is 0 Å². The highest BCUT2D eigenvalue weighted by molar-refractivity contribution is 5.87. The van der Waals surface area contributed by atoms with Gasteiger partial charge in [-0.15, -0.1) is 0 Å². The number of quaternary nitrogens is 1. The number of hydrogen-bond donors (Lipinski definition) is 0. The number of nitrogens with zero attached hydrogens (tertiary/aromatic N) is 3. The first-order valence-electron chi connectivity index (χ1n) is 5.48. The lowest BCUT2D eigenvalue weighted by molar-refractivity contribution is 0.766. The highest BCUT2D eigenvalue weighted by atomic mass is 15.4. The lowest BCUT2D eigenvalue weighted by atomic mass is 10.2. The molecule has 2 aromatic rings. The largest absolute Gasteiger partial charge is 0.264 e. The van der Waals surface area contributed by atoms with Crippen LogP contribution in [-0.4, -0.2) is 11.3 Å². The van der Waals surface area contributed by atoms with Crippen LogP contribution in [0.4, 0.5) is 11.4 Å². The molecule has 3 nitrogen and oxygen atoms in total. The predicted octanol–water partition coefficient (Wildman–Crippen LogP) is 3.23. The van der Waals surface area contributed by atoms with Crippen LogP contribution in [0.5, 0.6) is 0 Å². The maximum absolute atomic E-state index is 4.24. The third-order valence-electron chi connectivity index (χ3n) is 2.91. The molecule has 1 aliphatic heterocycles. The molecule has 1 atom stereocenters. The van der Waals surface area contributed by atoms with E-state index >= 15 is 0 Å². The van der Waals surface area contributed by atoms with Crippen LogP contribution in [0, 0.1) is 0 Å². The Morgan fingerprint density at radius 1 is 0.824 bits per heavy atom. The molecule has 0 bridgehead atoms. The molecule has 1 aromatic carbocycles. The second-order valence-electron chi connectivity index (χ2n) is 3.88. The van der Waals surface area contributed by atoms with Crippen LogP contribution in [-0.2, 0) is 0 Å². The van der Waals surface area contributed by atoms with Gasteiger partial charge in [0.25, 0.3) is 0 Å². The van der Waals surface area contributed by atoms with Gasteiger partial charge < -0.3 is 0 Å². The molecule has 0 radical (unpaired) electrons. The minimum atomic E-state index is 0.517. The van der Waals surface area contributed by atoms with Crippen molar-refractivity contribution in [2.75, 3.05) is 0 Å². The van der Waals surface area contributed by atoms with Gasteiger partial charge in [-0.05, 0) is 0 Å². The van der Waals surface area contributed by atoms with E-state index in [9.17, 15) is 0 Å². The number of rotatable bonds is 2. The fourth-order valence-electron chi connectivity index (χ4n) is 2.05. The van der Waals surface area contributed by atoms with E-state index in [1.165, 1.54) is 0 Å². The average molecular weight is 222 g/mol. The first-order valence-corrected chi connectivity index (χ1v) is 5.48. The minimum absolute atomic E-state index is 0.517. The van der Waals surface area contributed by atoms with Gasteiger partial charge in [0.05, 0.1) is 6.20 Å². The Kier molecular flexibility index (Phi) is 2.31. The highest BCUT2D eigenvalue weighted by Gasteiger charge is 2.31. The molecule has 0 N–H and O–H groups in total. The van der Waals surface area contributed by atoms with Crippen LogP contribution in [0.25, 0.3) is 0 Å². The van der Waals surface area contributed by atoms with Crippen molar-refractivity contribution in [3.05, 3.63) is 67.3 Å². The standard InChI is InChI=1S/C14H12N3/c1-2-4-13(5-3-1)17(11-10-16-12-17)14-6-8-15-9-7-14/h1-12H/q+1. The topological polar surface area (TPSA) is 25.2 Å². The number of aromatic nitrogens is 1. The molecule has 0 spiro atoms. The molecule has 1 aromatic heterocycles. The Morgan fingerprint density at radius 2 is 1.53 bits per heavy atom. The zero-order chi connectivity index (χ0) is 11.6. The minimum Gasteiger partial charge on any atom is -0.264 e. The Hall–Kier alpha value is -2.26. The Morgan fingerprint density at radius 3 is 2.18 bits per heavy atom. The number of para-hydroxylation sites is 1. The van der Waals surface area contributed by atoms with Crippen molar-refractivity contribution in [2.45, 2.75) is 0 Å². The van der Waals surface area contributed by atoms with E-state index in [0.717, 1.165) is 11.4 Å². The van der Waals surface area contributed by atoms with Crippen LogP contribution < -0.4 is 4.48 Å². The molecule has 0 saturated heterocycles. The molecule has 1 aliphatic rings. The molecule has 0 fully saturated rings. The van der Waals surface area contributed by atoms with Crippen LogP contribution in [0.15, 0.2) is 72.3 Å². The van der Waals surface area contributed by atoms with Crippen molar-refractivity contribution in [2.24, 2.45) is 4.99 Å². The number of aliphatic imine (C=N–C) groups is 1. The molecule has 3 rings (SSSR count). The Bertz CT molecular complexity index is 505. The summed E-state index contributed by atoms with van der Waals surface area (Å²) in [6.07, 6.45) is 9.42. The zero-order valence-electron chi connectivity index (χ0n) is 9.27. The summed E-state index contributed by atoms with van der Waals surface area (Å²) in [7, 11) is 0. The van der Waals surface area contributed by atoms with Crippen molar-refractivity contribution < 1.29 is 0 Å². The summed E-state index contributed by atoms with van der Waals surface area (Å²) in [5, 5.41) is 0. The second-order valence-corrected chi connectivity index (χ2v) is 3.88. The maximum atomic E-state index is 4.24. The van der Waals surface area contributed by atoms with Crippen molar-refractivity contribution in [1.82, 2.24) is 9.47 Å². The third kappa shape index (κ3) is 1.57. The van der Waals surface area contributed by atoms with E-state index in [2.05, 4.69) is 28.3 Å². The molecule has 2 heterocycles. The summed E-state index contributed by atoms with van der Waals surface area (Å²) in [6, 6.07) is 14.3. The van der Waals surface area contributed by atoms with Gasteiger partial charge in [0.2, 0.25) is 6.34 Å². The number of hydrogen-bond acceptors (Lipinski definition) is 2. The molecular formula is C14H12N3+. The zero-order valence-corrected chi connectivity index (χ0v) is 9.27. The first kappa shape index (κ1) is 9.93. The normalized spacial score (nSPS) is 21.9. The van der Waals surface area contributed by atoms with Crippen molar-refractivity contribution in [3.63, 3.8) is 0 Å². The van der Waals surface area contributed by atoms with E-state index in [-0.39, 0.29) is 0 Å². The van der Waals surface area contributed by atoms with E-state index in [0.29, 0.717) is 4.48 Å². The summed E-state index contributed by atoms with van der Waals surface area (Å²) >= 11 is 0. The van der Waals surface area contributed by atoms with Crippen LogP contribution in [0.3, 0.4) is 0 Å². The van der Waals surface area contributed by atoms with Crippen LogP contribution >= 0.6 is 0 Å². The molecule has 82 valence electrons. The summed E-state index contributed by atoms with van der Waals surface area (Å²) in [6.45, 7) is 0. The third-order valence-corrected chi connectivity index (χ3v) is 2.91. The van der Waals surface area contributed by atoms with E-state index in [4.69, 9.17) is 0 Å². The lowest BCUT2D eigenvalue weighted by Gasteiger charge is -2.26. The van der Waals surface area contributed by atoms with Gasteiger partial charge in [0, 0.05) is 36.7 Å². The fourth-order valence-corrected chi connectivity index (χ4v) is 2.05. The molecular weight excluding hydrogens is 210 g/mol. The van der Waals surface area contributed by atoms with Gasteiger partial charge in [-0.3, -0.25) is 4.98 Å². The van der Waals surface area contributed by atoms with Gasteiger partial charge >= 0.3 is 0 Å². The summed E-state index contributed by atoms with van der Waals surface area (Å²) in [5.41, 5.74) is 2.29. The highest BCUT2D eigenvalue weighted by Crippen LogP contribution is 2.34. The Balaban J connectivity index is 2.19. The first-order chi connectivity index (χ1) is 8.42. The monoisotopic (exact) mass is 222 g/mol. The molecule has 0 amide bonds. The van der Waals surface area contributed by atoms with E-state index in [1.54, 1.807) is 12.4 Å². The van der Waals surface area contributed by atoms with Gasteiger partial charge in [-0.2, -0.15) is 4.48 Å². The lowest BCUT2D eigenvalue weighted by Crippen LogP contribution is -2.34. The van der Waals surface area contributed by atoms with E-state index < -0.39 is 0 Å². The number of pyridine rings is 1. The SMILES string of the molecule is C1=C[N+](c2ccccc2)(c2ccncc2)C=N1. The predicted molar refractivity (Wildman–Crippen MR) is 69.8 cm³/mol. The molecule has 0 aliphatic carbocycles. The molecule has 3 heteroatoms. The van der Waals surface area contributed by atoms with E-state index in [1.807, 2.05) is 42.9 Å². The maximum Gasteiger partial charge on any atom is 0.205 e. The molecule has 17 heavy (non-hydrogen) atoms. The summed E-state index contributed by atoms with van der Waals surface area (Å²) in [5.74, 6) is 0. The van der Waals surface area contributed by atoms with Gasteiger partial charge in [0.15, 0.2) is 5.69 Å². The van der Waals surface area contributed by atoms with Crippen LogP contribution in [0.2, 0.25) is 0 Å². The summed E-state index contributed by atoms with van der Waals surface area (Å²) in [4.78, 5) is 8.30. The van der Waals surface area contributed by atoms with Crippen molar-refractivity contribution in [1.29, 1.82) is 0 Å². The van der Waals surface area contributed by atoms with Gasteiger partial charge in [-0.1, -0.05) is 18.2 Å². The number of benzene rings is 1. The Labute approximate surface area is 100.0 Å². The van der Waals surface area contributed by atoms with Gasteiger partial charge in [0.1, 0.15) is 11.9 Å². The molecule has 0 saturated carbocycles. The fraction of sp³-hybridized carbons (Fsp3) is 0. The van der Waals surface area contributed by atoms with Crippen molar-refractivity contribution in [3.8, 4) is 0 Å².